The molecule has 0 atom stereocenters. The maximum absolute atomic E-state index is 13.0. The van der Waals surface area contributed by atoms with E-state index in [2.05, 4.69) is 14.9 Å². The van der Waals surface area contributed by atoms with E-state index in [-0.39, 0.29) is 16.5 Å². The number of pyridine rings is 1. The molecule has 0 spiro atoms. The van der Waals surface area contributed by atoms with Crippen molar-refractivity contribution in [3.05, 3.63) is 63.9 Å². The van der Waals surface area contributed by atoms with Gasteiger partial charge in [0.05, 0.1) is 10.6 Å². The quantitative estimate of drug-likeness (QED) is 0.450. The van der Waals surface area contributed by atoms with Gasteiger partial charge >= 0.3 is 0 Å². The lowest BCUT2D eigenvalue weighted by Gasteiger charge is -2.06. The summed E-state index contributed by atoms with van der Waals surface area (Å²) >= 11 is 1.23. The number of nitrogens with two attached hydrogens (primary N) is 1. The number of nitrogens with one attached hydrogen (secondary N) is 1. The minimum absolute atomic E-state index is 0.00264. The van der Waals surface area contributed by atoms with Gasteiger partial charge in [-0.15, -0.1) is 11.3 Å². The third-order valence-corrected chi connectivity index (χ3v) is 6.99. The Labute approximate surface area is 176 Å². The van der Waals surface area contributed by atoms with Crippen molar-refractivity contribution in [2.45, 2.75) is 25.7 Å². The van der Waals surface area contributed by atoms with E-state index in [1.54, 1.807) is 6.92 Å². The highest BCUT2D eigenvalue weighted by Gasteiger charge is 2.22. The average molecular weight is 443 g/mol. The summed E-state index contributed by atoms with van der Waals surface area (Å²) in [6.45, 7) is 5.47. The SMILES string of the molecule is Cc1cc(C)c2c(N)c(C(=O)c3ccc(S(=O)(=O)Nc4cc(C)on4)cc3)sc2n1. The molecule has 3 aromatic heterocycles. The van der Waals surface area contributed by atoms with Crippen LogP contribution in [0.1, 0.15) is 32.3 Å². The molecule has 0 bridgehead atoms. The number of benzene rings is 1. The van der Waals surface area contributed by atoms with E-state index in [0.717, 1.165) is 16.6 Å². The number of hydrogen-bond acceptors (Lipinski definition) is 8. The van der Waals surface area contributed by atoms with Crippen molar-refractivity contribution in [1.82, 2.24) is 10.1 Å². The monoisotopic (exact) mass is 442 g/mol. The number of aryl methyl sites for hydroxylation is 3. The van der Waals surface area contributed by atoms with Crippen LogP contribution >= 0.6 is 11.3 Å². The lowest BCUT2D eigenvalue weighted by Crippen LogP contribution is -2.13. The van der Waals surface area contributed by atoms with Crippen LogP contribution in [0.5, 0.6) is 0 Å². The number of aromatic nitrogens is 2. The fourth-order valence-corrected chi connectivity index (χ4v) is 5.33. The summed E-state index contributed by atoms with van der Waals surface area (Å²) in [5.41, 5.74) is 8.78. The standard InChI is InChI=1S/C20H18N4O4S2/c1-10-8-11(2)22-20-16(10)17(21)19(29-20)18(25)13-4-6-14(7-5-13)30(26,27)24-15-9-12(3)28-23-15/h4-9H,21H2,1-3H3,(H,23,24). The van der Waals surface area contributed by atoms with E-state index < -0.39 is 10.0 Å². The summed E-state index contributed by atoms with van der Waals surface area (Å²) in [6.07, 6.45) is 0. The molecule has 0 aliphatic rings. The van der Waals surface area contributed by atoms with Crippen LogP contribution in [0.2, 0.25) is 0 Å². The molecule has 8 nitrogen and oxygen atoms in total. The highest BCUT2D eigenvalue weighted by atomic mass is 32.2. The fourth-order valence-electron chi connectivity index (χ4n) is 3.17. The zero-order valence-electron chi connectivity index (χ0n) is 16.4. The van der Waals surface area contributed by atoms with Gasteiger partial charge in [0.1, 0.15) is 15.5 Å². The summed E-state index contributed by atoms with van der Waals surface area (Å²) in [5.74, 6) is 0.287. The third-order valence-electron chi connectivity index (χ3n) is 4.52. The van der Waals surface area contributed by atoms with Crippen LogP contribution in [0.25, 0.3) is 10.2 Å². The zero-order chi connectivity index (χ0) is 21.6. The van der Waals surface area contributed by atoms with E-state index in [4.69, 9.17) is 10.3 Å². The minimum Gasteiger partial charge on any atom is -0.397 e. The molecule has 10 heteroatoms. The van der Waals surface area contributed by atoms with Crippen LogP contribution < -0.4 is 10.5 Å². The van der Waals surface area contributed by atoms with Crippen LogP contribution in [0.4, 0.5) is 11.5 Å². The lowest BCUT2D eigenvalue weighted by atomic mass is 10.1. The van der Waals surface area contributed by atoms with E-state index >= 15 is 0 Å². The van der Waals surface area contributed by atoms with E-state index in [9.17, 15) is 13.2 Å². The molecule has 0 saturated carbocycles. The number of rotatable bonds is 5. The van der Waals surface area contributed by atoms with E-state index in [1.165, 1.54) is 41.7 Å². The Kier molecular flexibility index (Phi) is 4.83. The van der Waals surface area contributed by atoms with Crippen molar-refractivity contribution < 1.29 is 17.7 Å². The van der Waals surface area contributed by atoms with Gasteiger partial charge in [0.25, 0.3) is 10.0 Å². The summed E-state index contributed by atoms with van der Waals surface area (Å²) in [4.78, 5) is 18.6. The first-order valence-electron chi connectivity index (χ1n) is 8.93. The number of carbonyl (C=O) groups excluding carboxylic acids is 1. The number of anilines is 2. The van der Waals surface area contributed by atoms with Gasteiger partial charge in [-0.3, -0.25) is 9.52 Å². The maximum Gasteiger partial charge on any atom is 0.263 e. The number of ketones is 1. The Hall–Kier alpha value is -3.24. The number of nitrogen functional groups attached to an aromatic ring is 1. The third kappa shape index (κ3) is 3.55. The second kappa shape index (κ2) is 7.22. The van der Waals surface area contributed by atoms with E-state index in [1.807, 2.05) is 19.9 Å². The smallest absolute Gasteiger partial charge is 0.263 e. The number of hydrogen-bond donors (Lipinski definition) is 2. The number of carbonyl (C=O) groups is 1. The highest BCUT2D eigenvalue weighted by molar-refractivity contribution is 7.92. The summed E-state index contributed by atoms with van der Waals surface area (Å²) in [6, 6.07) is 9.03. The fraction of sp³-hybridized carbons (Fsp3) is 0.150. The molecule has 0 radical (unpaired) electrons. The molecule has 0 aliphatic heterocycles. The Bertz CT molecular complexity index is 1390. The molecule has 0 amide bonds. The molecule has 154 valence electrons. The van der Waals surface area contributed by atoms with Crippen LogP contribution in [0, 0.1) is 20.8 Å². The molecule has 0 saturated heterocycles. The minimum atomic E-state index is -3.86. The van der Waals surface area contributed by atoms with Crippen LogP contribution in [-0.4, -0.2) is 24.3 Å². The van der Waals surface area contributed by atoms with Gasteiger partial charge in [0.15, 0.2) is 5.82 Å². The van der Waals surface area contributed by atoms with Crippen molar-refractivity contribution in [2.75, 3.05) is 10.5 Å². The number of thiophene rings is 1. The molecular formula is C20H18N4O4S2. The summed E-state index contributed by atoms with van der Waals surface area (Å²) in [5, 5.41) is 4.40. The highest BCUT2D eigenvalue weighted by Crippen LogP contribution is 2.36. The predicted molar refractivity (Wildman–Crippen MR) is 115 cm³/mol. The first kappa shape index (κ1) is 20.0. The Morgan fingerprint density at radius 2 is 1.83 bits per heavy atom. The molecule has 3 heterocycles. The number of sulfonamides is 1. The molecule has 3 N–H and O–H groups in total. The topological polar surface area (TPSA) is 128 Å². The van der Waals surface area contributed by atoms with Crippen molar-refractivity contribution in [2.24, 2.45) is 0 Å². The maximum atomic E-state index is 13.0. The molecule has 0 aliphatic carbocycles. The molecule has 4 aromatic rings. The molecule has 1 aromatic carbocycles. The van der Waals surface area contributed by atoms with Crippen molar-refractivity contribution in [3.8, 4) is 0 Å². The van der Waals surface area contributed by atoms with Gasteiger partial charge in [-0.05, 0) is 56.7 Å². The Morgan fingerprint density at radius 3 is 2.47 bits per heavy atom. The van der Waals surface area contributed by atoms with Crippen LogP contribution in [-0.2, 0) is 10.0 Å². The van der Waals surface area contributed by atoms with Gasteiger partial charge in [0, 0.05) is 22.7 Å². The zero-order valence-corrected chi connectivity index (χ0v) is 18.0. The number of nitrogens with zero attached hydrogens (tertiary/aromatic N) is 2. The molecule has 0 fully saturated rings. The second-order valence-electron chi connectivity index (χ2n) is 6.89. The van der Waals surface area contributed by atoms with Crippen LogP contribution in [0.15, 0.2) is 45.8 Å². The van der Waals surface area contributed by atoms with Gasteiger partial charge in [-0.1, -0.05) is 5.16 Å². The summed E-state index contributed by atoms with van der Waals surface area (Å²) in [7, 11) is -3.86. The van der Waals surface area contributed by atoms with E-state index in [0.29, 0.717) is 26.7 Å². The van der Waals surface area contributed by atoms with Crippen molar-refractivity contribution in [3.63, 3.8) is 0 Å². The van der Waals surface area contributed by atoms with Gasteiger partial charge < -0.3 is 10.3 Å². The molecule has 4 rings (SSSR count). The molecule has 0 unspecified atom stereocenters. The van der Waals surface area contributed by atoms with Gasteiger partial charge in [0.2, 0.25) is 5.78 Å². The largest absolute Gasteiger partial charge is 0.397 e. The first-order valence-corrected chi connectivity index (χ1v) is 11.2. The molecular weight excluding hydrogens is 424 g/mol. The normalized spacial score (nSPS) is 11.7. The van der Waals surface area contributed by atoms with Crippen molar-refractivity contribution in [1.29, 1.82) is 0 Å². The first-order chi connectivity index (χ1) is 14.2. The van der Waals surface area contributed by atoms with Gasteiger partial charge in [-0.25, -0.2) is 13.4 Å². The Balaban J connectivity index is 1.64. The van der Waals surface area contributed by atoms with Crippen molar-refractivity contribution >= 4 is 48.9 Å². The average Bonchev–Trinajstić information content (AvgIpc) is 3.23. The molecule has 30 heavy (non-hydrogen) atoms. The number of fused-ring (bicyclic) bond motifs is 1. The second-order valence-corrected chi connectivity index (χ2v) is 9.57. The predicted octanol–water partition coefficient (Wildman–Crippen LogP) is 3.82. The Morgan fingerprint density at radius 1 is 1.13 bits per heavy atom. The van der Waals surface area contributed by atoms with Gasteiger partial charge in [-0.2, -0.15) is 0 Å². The lowest BCUT2D eigenvalue weighted by molar-refractivity contribution is 0.104. The summed E-state index contributed by atoms with van der Waals surface area (Å²) < 4.78 is 32.2. The van der Waals surface area contributed by atoms with Crippen LogP contribution in [0.3, 0.4) is 0 Å².